The Hall–Kier alpha value is -2.63. The van der Waals surface area contributed by atoms with Crippen molar-refractivity contribution in [1.82, 2.24) is 4.90 Å². The van der Waals surface area contributed by atoms with Crippen molar-refractivity contribution in [2.45, 2.75) is 38.6 Å². The van der Waals surface area contributed by atoms with Crippen molar-refractivity contribution in [3.05, 3.63) is 80.2 Å². The number of amides is 1. The van der Waals surface area contributed by atoms with E-state index in [1.165, 1.54) is 5.56 Å². The summed E-state index contributed by atoms with van der Waals surface area (Å²) in [6, 6.07) is 12.5. The van der Waals surface area contributed by atoms with E-state index in [1.807, 2.05) is 12.1 Å². The van der Waals surface area contributed by atoms with Crippen LogP contribution in [-0.4, -0.2) is 31.1 Å². The molecule has 1 aliphatic rings. The summed E-state index contributed by atoms with van der Waals surface area (Å²) in [5.74, 6) is -0.160. The lowest BCUT2D eigenvalue weighted by atomic mass is 9.86. The van der Waals surface area contributed by atoms with Crippen LogP contribution in [0, 0.1) is 0 Å². The molecule has 162 valence electrons. The van der Waals surface area contributed by atoms with Gasteiger partial charge in [0, 0.05) is 25.3 Å². The first-order valence-electron chi connectivity index (χ1n) is 10.4. The van der Waals surface area contributed by atoms with Gasteiger partial charge in [0.25, 0.3) is 5.91 Å². The predicted molar refractivity (Wildman–Crippen MR) is 122 cm³/mol. The third kappa shape index (κ3) is 3.88. The van der Waals surface area contributed by atoms with Gasteiger partial charge in [0.1, 0.15) is 5.58 Å². The average Bonchev–Trinajstić information content (AvgIpc) is 3.01. The Labute approximate surface area is 186 Å². The number of carbonyl (C=O) groups excluding carboxylic acids is 1. The summed E-state index contributed by atoms with van der Waals surface area (Å²) in [5.41, 5.74) is 2.59. The molecular weight excluding hydrogens is 414 g/mol. The summed E-state index contributed by atoms with van der Waals surface area (Å²) in [6.07, 6.45) is 0.659. The molecule has 1 atom stereocenters. The van der Waals surface area contributed by atoms with Gasteiger partial charge in [-0.25, -0.2) is 0 Å². The molecule has 6 heteroatoms. The minimum atomic E-state index is -0.506. The van der Waals surface area contributed by atoms with Crippen molar-refractivity contribution in [3.8, 4) is 0 Å². The predicted octanol–water partition coefficient (Wildman–Crippen LogP) is 5.33. The van der Waals surface area contributed by atoms with E-state index < -0.39 is 6.04 Å². The Morgan fingerprint density at radius 3 is 2.45 bits per heavy atom. The number of methoxy groups -OCH3 is 1. The molecule has 5 nitrogen and oxygen atoms in total. The normalized spacial score (nSPS) is 16.2. The standard InChI is InChI=1S/C25H26ClNO4/c1-25(2,3)16-8-6-15(7-9-16)21-20-22(28)18-14-17(26)10-11-19(18)31-23(20)24(29)27(21)12-5-13-30-4/h6-11,14,21H,5,12-13H2,1-4H3. The molecule has 2 aromatic carbocycles. The van der Waals surface area contributed by atoms with E-state index in [4.69, 9.17) is 20.8 Å². The molecule has 1 aromatic heterocycles. The van der Waals surface area contributed by atoms with Gasteiger partial charge in [-0.15, -0.1) is 0 Å². The number of rotatable bonds is 5. The van der Waals surface area contributed by atoms with Crippen LogP contribution in [0.15, 0.2) is 51.7 Å². The molecule has 0 bridgehead atoms. The lowest BCUT2D eigenvalue weighted by Crippen LogP contribution is -2.31. The van der Waals surface area contributed by atoms with E-state index >= 15 is 0 Å². The number of nitrogens with zero attached hydrogens (tertiary/aromatic N) is 1. The summed E-state index contributed by atoms with van der Waals surface area (Å²) in [6.45, 7) is 7.43. The SMILES string of the molecule is COCCCN1C(=O)c2oc3ccc(Cl)cc3c(=O)c2C1c1ccc(C(C)(C)C)cc1. The molecule has 0 radical (unpaired) electrons. The van der Waals surface area contributed by atoms with Crippen LogP contribution in [0.1, 0.15) is 60.5 Å². The first kappa shape index (κ1) is 21.6. The minimum absolute atomic E-state index is 0.00602. The average molecular weight is 440 g/mol. The van der Waals surface area contributed by atoms with Crippen LogP contribution in [0.5, 0.6) is 0 Å². The minimum Gasteiger partial charge on any atom is -0.450 e. The monoisotopic (exact) mass is 439 g/mol. The van der Waals surface area contributed by atoms with Gasteiger partial charge in [-0.3, -0.25) is 9.59 Å². The maximum absolute atomic E-state index is 13.5. The Morgan fingerprint density at radius 2 is 1.81 bits per heavy atom. The van der Waals surface area contributed by atoms with Gasteiger partial charge in [0.05, 0.1) is 17.0 Å². The van der Waals surface area contributed by atoms with Gasteiger partial charge in [0.15, 0.2) is 5.43 Å². The lowest BCUT2D eigenvalue weighted by Gasteiger charge is -2.26. The Balaban J connectivity index is 1.88. The zero-order valence-corrected chi connectivity index (χ0v) is 19.0. The highest BCUT2D eigenvalue weighted by Crippen LogP contribution is 2.39. The Bertz CT molecular complexity index is 1190. The van der Waals surface area contributed by atoms with Crippen molar-refractivity contribution >= 4 is 28.5 Å². The maximum atomic E-state index is 13.5. The molecule has 0 saturated heterocycles. The van der Waals surface area contributed by atoms with Gasteiger partial charge in [0.2, 0.25) is 5.76 Å². The third-order valence-electron chi connectivity index (χ3n) is 5.77. The fourth-order valence-electron chi connectivity index (χ4n) is 4.11. The van der Waals surface area contributed by atoms with Crippen LogP contribution in [0.3, 0.4) is 0 Å². The van der Waals surface area contributed by atoms with Crippen molar-refractivity contribution in [2.75, 3.05) is 20.3 Å². The molecule has 0 saturated carbocycles. The second-order valence-electron chi connectivity index (χ2n) is 8.93. The van der Waals surface area contributed by atoms with Gasteiger partial charge >= 0.3 is 0 Å². The molecule has 4 rings (SSSR count). The van der Waals surface area contributed by atoms with E-state index in [2.05, 4.69) is 32.9 Å². The quantitative estimate of drug-likeness (QED) is 0.504. The topological polar surface area (TPSA) is 59.8 Å². The fourth-order valence-corrected chi connectivity index (χ4v) is 4.29. The van der Waals surface area contributed by atoms with Gasteiger partial charge in [-0.05, 0) is 41.2 Å². The molecular formula is C25H26ClNO4. The zero-order chi connectivity index (χ0) is 22.3. The van der Waals surface area contributed by atoms with Crippen molar-refractivity contribution in [1.29, 1.82) is 0 Å². The molecule has 1 amide bonds. The highest BCUT2D eigenvalue weighted by atomic mass is 35.5. The van der Waals surface area contributed by atoms with Gasteiger partial charge in [-0.1, -0.05) is 56.6 Å². The number of hydrogen-bond acceptors (Lipinski definition) is 4. The summed E-state index contributed by atoms with van der Waals surface area (Å²) >= 11 is 6.13. The third-order valence-corrected chi connectivity index (χ3v) is 6.00. The van der Waals surface area contributed by atoms with Crippen molar-refractivity contribution in [2.24, 2.45) is 0 Å². The summed E-state index contributed by atoms with van der Waals surface area (Å²) in [4.78, 5) is 28.5. The molecule has 0 fully saturated rings. The van der Waals surface area contributed by atoms with Crippen LogP contribution < -0.4 is 5.43 Å². The number of benzene rings is 2. The molecule has 0 N–H and O–H groups in total. The second-order valence-corrected chi connectivity index (χ2v) is 9.37. The van der Waals surface area contributed by atoms with E-state index in [1.54, 1.807) is 30.2 Å². The van der Waals surface area contributed by atoms with E-state index in [9.17, 15) is 9.59 Å². The van der Waals surface area contributed by atoms with Gasteiger partial charge in [-0.2, -0.15) is 0 Å². The summed E-state index contributed by atoms with van der Waals surface area (Å²) in [7, 11) is 1.63. The summed E-state index contributed by atoms with van der Waals surface area (Å²) < 4.78 is 11.1. The van der Waals surface area contributed by atoms with Crippen LogP contribution in [0.2, 0.25) is 5.02 Å². The molecule has 1 unspecified atom stereocenters. The second kappa shape index (κ2) is 8.13. The number of hydrogen-bond donors (Lipinski definition) is 0. The van der Waals surface area contributed by atoms with Crippen LogP contribution in [0.4, 0.5) is 0 Å². The lowest BCUT2D eigenvalue weighted by molar-refractivity contribution is 0.0708. The zero-order valence-electron chi connectivity index (χ0n) is 18.2. The van der Waals surface area contributed by atoms with Crippen LogP contribution in [0.25, 0.3) is 11.0 Å². The smallest absolute Gasteiger partial charge is 0.290 e. The molecule has 0 spiro atoms. The number of carbonyl (C=O) groups is 1. The summed E-state index contributed by atoms with van der Waals surface area (Å²) in [5, 5.41) is 0.834. The van der Waals surface area contributed by atoms with E-state index in [-0.39, 0.29) is 22.5 Å². The number of fused-ring (bicyclic) bond motifs is 2. The maximum Gasteiger partial charge on any atom is 0.290 e. The molecule has 1 aliphatic heterocycles. The molecule has 31 heavy (non-hydrogen) atoms. The van der Waals surface area contributed by atoms with Gasteiger partial charge < -0.3 is 14.1 Å². The first-order chi connectivity index (χ1) is 14.7. The highest BCUT2D eigenvalue weighted by molar-refractivity contribution is 6.31. The largest absolute Gasteiger partial charge is 0.450 e. The first-order valence-corrected chi connectivity index (χ1v) is 10.8. The van der Waals surface area contributed by atoms with E-state index in [0.717, 1.165) is 5.56 Å². The van der Waals surface area contributed by atoms with Crippen molar-refractivity contribution < 1.29 is 13.9 Å². The van der Waals surface area contributed by atoms with E-state index in [0.29, 0.717) is 41.1 Å². The number of halogens is 1. The van der Waals surface area contributed by atoms with Crippen LogP contribution >= 0.6 is 11.6 Å². The fraction of sp³-hybridized carbons (Fsp3) is 0.360. The Morgan fingerprint density at radius 1 is 1.10 bits per heavy atom. The van der Waals surface area contributed by atoms with Crippen LogP contribution in [-0.2, 0) is 10.2 Å². The number of ether oxygens (including phenoxy) is 1. The Kier molecular flexibility index (Phi) is 5.67. The molecule has 0 aliphatic carbocycles. The molecule has 2 heterocycles. The van der Waals surface area contributed by atoms with Crippen molar-refractivity contribution in [3.63, 3.8) is 0 Å². The highest BCUT2D eigenvalue weighted by Gasteiger charge is 2.42. The molecule has 3 aromatic rings.